The lowest BCUT2D eigenvalue weighted by atomic mass is 10.0. The molecular weight excluding hydrogens is 446 g/mol. The molecule has 0 saturated heterocycles. The largest absolute Gasteiger partial charge is 0.507 e. The molecule has 0 aliphatic carbocycles. The van der Waals surface area contributed by atoms with Crippen molar-refractivity contribution < 1.29 is 23.8 Å². The molecule has 0 atom stereocenters. The van der Waals surface area contributed by atoms with Crippen molar-refractivity contribution in [2.24, 2.45) is 10.9 Å². The Morgan fingerprint density at radius 2 is 1.80 bits per heavy atom. The Bertz CT molecular complexity index is 968. The average molecular weight is 488 g/mol. The molecule has 1 rings (SSSR count). The van der Waals surface area contributed by atoms with Crippen molar-refractivity contribution in [2.45, 2.75) is 91.9 Å². The number of ether oxygens (including phenoxy) is 1. The van der Waals surface area contributed by atoms with Gasteiger partial charge in [0.05, 0.1) is 7.11 Å². The molecule has 0 aromatic carbocycles. The molecule has 1 aromatic heterocycles. The van der Waals surface area contributed by atoms with Gasteiger partial charge in [0.1, 0.15) is 17.1 Å². The number of amides is 1. The van der Waals surface area contributed by atoms with Gasteiger partial charge in [0.15, 0.2) is 5.78 Å². The van der Waals surface area contributed by atoms with Crippen LogP contribution in [0.1, 0.15) is 102 Å². The normalized spacial score (nSPS) is 12.5. The first-order chi connectivity index (χ1) is 16.6. The fourth-order valence-corrected chi connectivity index (χ4v) is 3.52. The molecular formula is C28H41NO6. The fourth-order valence-electron chi connectivity index (χ4n) is 3.52. The van der Waals surface area contributed by atoms with Gasteiger partial charge in [0.2, 0.25) is 0 Å². The van der Waals surface area contributed by atoms with Crippen molar-refractivity contribution in [1.82, 2.24) is 0 Å². The maximum atomic E-state index is 12.7. The van der Waals surface area contributed by atoms with Crippen molar-refractivity contribution >= 4 is 18.1 Å². The molecule has 1 heterocycles. The van der Waals surface area contributed by atoms with Crippen molar-refractivity contribution in [1.29, 1.82) is 0 Å². The first kappa shape index (κ1) is 30.1. The molecule has 0 unspecified atom stereocenters. The highest BCUT2D eigenvalue weighted by Crippen LogP contribution is 2.20. The van der Waals surface area contributed by atoms with Gasteiger partial charge in [-0.25, -0.2) is 9.59 Å². The van der Waals surface area contributed by atoms with Crippen LogP contribution in [0.2, 0.25) is 0 Å². The van der Waals surface area contributed by atoms with Crippen molar-refractivity contribution in [3.8, 4) is 5.75 Å². The second-order valence-corrected chi connectivity index (χ2v) is 9.33. The van der Waals surface area contributed by atoms with Gasteiger partial charge in [-0.1, -0.05) is 57.3 Å². The van der Waals surface area contributed by atoms with Gasteiger partial charge in [-0.2, -0.15) is 4.99 Å². The minimum Gasteiger partial charge on any atom is -0.507 e. The van der Waals surface area contributed by atoms with Crippen LogP contribution in [0.25, 0.3) is 0 Å². The molecule has 1 N–H and O–H groups in total. The van der Waals surface area contributed by atoms with E-state index >= 15 is 0 Å². The van der Waals surface area contributed by atoms with Crippen molar-refractivity contribution in [3.05, 3.63) is 51.1 Å². The van der Waals surface area contributed by atoms with Crippen molar-refractivity contribution in [3.63, 3.8) is 0 Å². The summed E-state index contributed by atoms with van der Waals surface area (Å²) < 4.78 is 9.67. The van der Waals surface area contributed by atoms with Crippen LogP contribution in [-0.4, -0.2) is 30.3 Å². The molecule has 7 nitrogen and oxygen atoms in total. The number of ketones is 1. The molecule has 1 amide bonds. The van der Waals surface area contributed by atoms with Crippen LogP contribution >= 0.6 is 0 Å². The number of carbonyl (C=O) groups excluding carboxylic acids is 2. The lowest BCUT2D eigenvalue weighted by Crippen LogP contribution is -2.16. The van der Waals surface area contributed by atoms with E-state index < -0.39 is 17.5 Å². The van der Waals surface area contributed by atoms with E-state index in [0.29, 0.717) is 37.0 Å². The van der Waals surface area contributed by atoms with Crippen LogP contribution < -0.4 is 5.63 Å². The Morgan fingerprint density at radius 3 is 2.46 bits per heavy atom. The van der Waals surface area contributed by atoms with E-state index in [1.165, 1.54) is 50.6 Å². The number of hydrogen-bond donors (Lipinski definition) is 1. The van der Waals surface area contributed by atoms with E-state index in [0.717, 1.165) is 18.8 Å². The van der Waals surface area contributed by atoms with E-state index in [-0.39, 0.29) is 11.3 Å². The molecule has 0 fully saturated rings. The van der Waals surface area contributed by atoms with Crippen LogP contribution in [0.3, 0.4) is 0 Å². The van der Waals surface area contributed by atoms with Crippen LogP contribution in [0, 0.1) is 5.92 Å². The second-order valence-electron chi connectivity index (χ2n) is 9.33. The number of carbonyl (C=O) groups is 2. The number of aliphatic imine (C=N–C) groups is 1. The predicted octanol–water partition coefficient (Wildman–Crippen LogP) is 6.97. The Morgan fingerprint density at radius 1 is 1.09 bits per heavy atom. The van der Waals surface area contributed by atoms with E-state index in [4.69, 9.17) is 4.42 Å². The molecule has 7 heteroatoms. The van der Waals surface area contributed by atoms with E-state index in [2.05, 4.69) is 23.6 Å². The molecule has 1 aromatic rings. The smallest absolute Gasteiger partial charge is 0.432 e. The zero-order valence-electron chi connectivity index (χ0n) is 21.9. The summed E-state index contributed by atoms with van der Waals surface area (Å²) in [6.07, 6.45) is 13.8. The van der Waals surface area contributed by atoms with Gasteiger partial charge in [-0.05, 0) is 57.4 Å². The monoisotopic (exact) mass is 487 g/mol. The number of methoxy groups -OCH3 is 1. The van der Waals surface area contributed by atoms with Crippen LogP contribution in [0.15, 0.2) is 43.6 Å². The number of unbranched alkanes of at least 4 members (excludes halogenated alkanes) is 5. The Balaban J connectivity index is 2.61. The molecule has 0 saturated carbocycles. The van der Waals surface area contributed by atoms with E-state index in [1.807, 2.05) is 13.0 Å². The second kappa shape index (κ2) is 16.6. The Labute approximate surface area is 209 Å². The van der Waals surface area contributed by atoms with Crippen molar-refractivity contribution in [2.75, 3.05) is 7.11 Å². The quantitative estimate of drug-likeness (QED) is 0.0941. The standard InChI is InChI=1S/C28H41NO6/c1-20(2)13-9-6-7-10-14-21(3)16-17-22(4)26(31)25-24(30)19-23(35-27(25)32)15-11-8-12-18-29-28(33)34-5/h16-20,30H,6-15H2,1-5H3. The molecule has 0 spiro atoms. The third kappa shape index (κ3) is 12.3. The predicted molar refractivity (Wildman–Crippen MR) is 139 cm³/mol. The number of aryl methyl sites for hydroxylation is 1. The summed E-state index contributed by atoms with van der Waals surface area (Å²) in [4.78, 5) is 39.6. The number of rotatable bonds is 15. The number of aromatic hydroxyl groups is 1. The highest BCUT2D eigenvalue weighted by molar-refractivity contribution is 6.09. The summed E-state index contributed by atoms with van der Waals surface area (Å²) in [5.74, 6) is 0.147. The molecule has 35 heavy (non-hydrogen) atoms. The Kier molecular flexibility index (Phi) is 14.3. The van der Waals surface area contributed by atoms with Crippen LogP contribution in [0.5, 0.6) is 5.75 Å². The summed E-state index contributed by atoms with van der Waals surface area (Å²) in [6.45, 7) is 8.15. The van der Waals surface area contributed by atoms with Gasteiger partial charge < -0.3 is 14.3 Å². The zero-order chi connectivity index (χ0) is 26.2. The van der Waals surface area contributed by atoms with Crippen LogP contribution in [0.4, 0.5) is 4.79 Å². The van der Waals surface area contributed by atoms with Gasteiger partial charge in [-0.15, -0.1) is 0 Å². The molecule has 0 bridgehead atoms. The first-order valence-corrected chi connectivity index (χ1v) is 12.5. The summed E-state index contributed by atoms with van der Waals surface area (Å²) in [6, 6.07) is 1.32. The molecule has 194 valence electrons. The lowest BCUT2D eigenvalue weighted by molar-refractivity contribution is 0.102. The number of hydrogen-bond acceptors (Lipinski definition) is 6. The highest BCUT2D eigenvalue weighted by Gasteiger charge is 2.20. The maximum Gasteiger partial charge on any atom is 0.432 e. The van der Waals surface area contributed by atoms with Crippen LogP contribution in [-0.2, 0) is 11.2 Å². The summed E-state index contributed by atoms with van der Waals surface area (Å²) in [5.41, 5.74) is 0.349. The number of nitrogens with zero attached hydrogens (tertiary/aromatic N) is 1. The SMILES string of the molecule is COC(=O)N=CCCCCc1cc(O)c(C(=O)C(C)=CC=C(C)CCCCCCC(C)C)c(=O)o1. The topological polar surface area (TPSA) is 106 Å². The summed E-state index contributed by atoms with van der Waals surface area (Å²) in [7, 11) is 1.26. The number of allylic oxidation sites excluding steroid dienone is 4. The van der Waals surface area contributed by atoms with E-state index in [9.17, 15) is 19.5 Å². The van der Waals surface area contributed by atoms with Gasteiger partial charge >= 0.3 is 11.7 Å². The molecule has 0 aliphatic rings. The first-order valence-electron chi connectivity index (χ1n) is 12.5. The fraction of sp³-hybridized carbons (Fsp3) is 0.571. The number of Topliss-reactive ketones (excluding diaryl/α,β-unsaturated/α-hetero) is 1. The zero-order valence-corrected chi connectivity index (χ0v) is 21.9. The third-order valence-corrected chi connectivity index (χ3v) is 5.67. The third-order valence-electron chi connectivity index (χ3n) is 5.67. The highest BCUT2D eigenvalue weighted by atomic mass is 16.5. The minimum absolute atomic E-state index is 0.305. The minimum atomic E-state index is -0.841. The van der Waals surface area contributed by atoms with E-state index in [1.54, 1.807) is 13.0 Å². The lowest BCUT2D eigenvalue weighted by Gasteiger charge is -2.06. The van der Waals surface area contributed by atoms with Gasteiger partial charge in [-0.3, -0.25) is 4.79 Å². The van der Waals surface area contributed by atoms with Gasteiger partial charge in [0, 0.05) is 18.7 Å². The summed E-state index contributed by atoms with van der Waals surface area (Å²) >= 11 is 0. The molecule has 0 radical (unpaired) electrons. The Hall–Kier alpha value is -2.96. The average Bonchev–Trinajstić information content (AvgIpc) is 2.80. The summed E-state index contributed by atoms with van der Waals surface area (Å²) in [5, 5.41) is 10.3. The van der Waals surface area contributed by atoms with Gasteiger partial charge in [0.25, 0.3) is 0 Å². The molecule has 0 aliphatic heterocycles. The maximum absolute atomic E-state index is 12.7.